The molecule has 0 radical (unpaired) electrons. The Morgan fingerprint density at radius 2 is 2.08 bits per heavy atom. The van der Waals surface area contributed by atoms with Crippen LogP contribution in [0.25, 0.3) is 0 Å². The number of rotatable bonds is 8. The van der Waals surface area contributed by atoms with Gasteiger partial charge in [-0.3, -0.25) is 4.90 Å². The highest BCUT2D eigenvalue weighted by Gasteiger charge is 2.36. The number of piperidine rings is 1. The molecule has 2 fully saturated rings. The van der Waals surface area contributed by atoms with Crippen LogP contribution in [0.4, 0.5) is 9.18 Å². The number of hydrogen-bond acceptors (Lipinski definition) is 10. The SMILES string of the molecule is C[C@H](Oc1cc(OC2CCN(C(=O)OC(C)(C)C)C(CC#N)C2)nc(C(N)=NCO)n1)[C@@H]1C[C@H](F)CN1C. The number of amides is 1. The van der Waals surface area contributed by atoms with Crippen LogP contribution in [0.15, 0.2) is 11.1 Å². The van der Waals surface area contributed by atoms with E-state index in [2.05, 4.69) is 21.0 Å². The number of halogens is 1. The molecule has 210 valence electrons. The number of hydrogen-bond donors (Lipinski definition) is 2. The molecule has 0 aromatic carbocycles. The van der Waals surface area contributed by atoms with Crippen LogP contribution in [0.3, 0.4) is 0 Å². The van der Waals surface area contributed by atoms with Gasteiger partial charge in [0.1, 0.15) is 30.7 Å². The summed E-state index contributed by atoms with van der Waals surface area (Å²) < 4.78 is 31.6. The third-order valence-corrected chi connectivity index (χ3v) is 6.46. The van der Waals surface area contributed by atoms with E-state index in [0.717, 1.165) is 0 Å². The summed E-state index contributed by atoms with van der Waals surface area (Å²) in [5.74, 6) is 0.257. The number of amidine groups is 1. The average Bonchev–Trinajstić information content (AvgIpc) is 3.16. The lowest BCUT2D eigenvalue weighted by atomic mass is 9.97. The summed E-state index contributed by atoms with van der Waals surface area (Å²) in [6.07, 6.45) is -0.776. The second-order valence-electron chi connectivity index (χ2n) is 10.7. The fraction of sp³-hybridized carbons (Fsp3) is 0.720. The lowest BCUT2D eigenvalue weighted by Gasteiger charge is -2.38. The van der Waals surface area contributed by atoms with E-state index in [-0.39, 0.29) is 48.1 Å². The molecule has 1 aromatic rings. The van der Waals surface area contributed by atoms with Gasteiger partial charge in [0.05, 0.1) is 24.6 Å². The van der Waals surface area contributed by atoms with Crippen molar-refractivity contribution in [3.63, 3.8) is 0 Å². The number of likely N-dealkylation sites (N-methyl/N-ethyl adjacent to an activating group) is 1. The number of nitrogens with zero attached hydrogens (tertiary/aromatic N) is 6. The first kappa shape index (κ1) is 29.3. The Morgan fingerprint density at radius 1 is 1.37 bits per heavy atom. The van der Waals surface area contributed by atoms with E-state index in [1.54, 1.807) is 25.7 Å². The molecule has 2 saturated heterocycles. The summed E-state index contributed by atoms with van der Waals surface area (Å²) >= 11 is 0. The molecule has 0 bridgehead atoms. The Bertz CT molecular complexity index is 1040. The van der Waals surface area contributed by atoms with Gasteiger partial charge in [-0.05, 0) is 41.2 Å². The van der Waals surface area contributed by atoms with Crippen LogP contribution in [0.5, 0.6) is 11.8 Å². The van der Waals surface area contributed by atoms with Crippen LogP contribution in [0.1, 0.15) is 59.2 Å². The number of carbonyl (C=O) groups is 1. The van der Waals surface area contributed by atoms with Crippen LogP contribution in [0.2, 0.25) is 0 Å². The van der Waals surface area contributed by atoms with E-state index in [9.17, 15) is 14.4 Å². The second-order valence-corrected chi connectivity index (χ2v) is 10.7. The van der Waals surface area contributed by atoms with Crippen molar-refractivity contribution in [1.29, 1.82) is 5.26 Å². The molecule has 38 heavy (non-hydrogen) atoms. The van der Waals surface area contributed by atoms with E-state index < -0.39 is 30.6 Å². The van der Waals surface area contributed by atoms with E-state index in [1.165, 1.54) is 6.07 Å². The van der Waals surface area contributed by atoms with Crippen molar-refractivity contribution in [2.45, 2.75) is 89.4 Å². The number of aliphatic hydroxyl groups is 1. The number of nitriles is 1. The molecule has 3 rings (SSSR count). The Balaban J connectivity index is 1.78. The van der Waals surface area contributed by atoms with Crippen LogP contribution in [-0.2, 0) is 4.74 Å². The van der Waals surface area contributed by atoms with E-state index in [4.69, 9.17) is 25.1 Å². The molecule has 2 unspecified atom stereocenters. The minimum absolute atomic E-state index is 0.0154. The number of ether oxygens (including phenoxy) is 3. The van der Waals surface area contributed by atoms with Crippen molar-refractivity contribution in [3.8, 4) is 17.8 Å². The lowest BCUT2D eigenvalue weighted by Crippen LogP contribution is -2.50. The molecule has 0 aliphatic carbocycles. The normalized spacial score (nSPS) is 25.5. The topological polar surface area (TPSA) is 159 Å². The third kappa shape index (κ3) is 7.88. The van der Waals surface area contributed by atoms with Crippen molar-refractivity contribution >= 4 is 11.9 Å². The maximum atomic E-state index is 13.9. The number of aromatic nitrogens is 2. The van der Waals surface area contributed by atoms with E-state index >= 15 is 0 Å². The monoisotopic (exact) mass is 535 g/mol. The third-order valence-electron chi connectivity index (χ3n) is 6.46. The van der Waals surface area contributed by atoms with Gasteiger partial charge >= 0.3 is 6.09 Å². The fourth-order valence-corrected chi connectivity index (χ4v) is 4.72. The van der Waals surface area contributed by atoms with Crippen molar-refractivity contribution < 1.29 is 28.5 Å². The van der Waals surface area contributed by atoms with Crippen LogP contribution in [-0.4, -0.2) is 99.7 Å². The lowest BCUT2D eigenvalue weighted by molar-refractivity contribution is -0.00384. The molecule has 1 amide bonds. The highest BCUT2D eigenvalue weighted by atomic mass is 19.1. The molecular formula is C25H38FN7O5. The zero-order valence-electron chi connectivity index (χ0n) is 22.6. The molecule has 3 N–H and O–H groups in total. The summed E-state index contributed by atoms with van der Waals surface area (Å²) in [5.41, 5.74) is 5.28. The first-order valence-corrected chi connectivity index (χ1v) is 12.7. The van der Waals surface area contributed by atoms with Crippen molar-refractivity contribution in [3.05, 3.63) is 11.9 Å². The maximum absolute atomic E-state index is 13.9. The first-order valence-electron chi connectivity index (χ1n) is 12.7. The average molecular weight is 536 g/mol. The molecule has 0 saturated carbocycles. The van der Waals surface area contributed by atoms with Gasteiger partial charge in [-0.15, -0.1) is 0 Å². The summed E-state index contributed by atoms with van der Waals surface area (Å²) in [4.78, 5) is 28.6. The molecule has 2 aliphatic heterocycles. The quantitative estimate of drug-likeness (QED) is 0.372. The molecule has 2 aliphatic rings. The Labute approximate surface area is 222 Å². The number of nitrogens with two attached hydrogens (primary N) is 1. The summed E-state index contributed by atoms with van der Waals surface area (Å²) in [5, 5.41) is 18.5. The zero-order chi connectivity index (χ0) is 28.0. The fourth-order valence-electron chi connectivity index (χ4n) is 4.72. The predicted molar refractivity (Wildman–Crippen MR) is 136 cm³/mol. The minimum atomic E-state index is -0.920. The summed E-state index contributed by atoms with van der Waals surface area (Å²) in [6.45, 7) is 7.35. The number of likely N-dealkylation sites (tertiary alicyclic amines) is 2. The summed E-state index contributed by atoms with van der Waals surface area (Å²) in [7, 11) is 1.84. The smallest absolute Gasteiger partial charge is 0.410 e. The Morgan fingerprint density at radius 3 is 2.68 bits per heavy atom. The highest BCUT2D eigenvalue weighted by molar-refractivity contribution is 5.94. The van der Waals surface area contributed by atoms with Crippen LogP contribution < -0.4 is 15.2 Å². The zero-order valence-corrected chi connectivity index (χ0v) is 22.6. The van der Waals surface area contributed by atoms with Gasteiger partial charge in [0.15, 0.2) is 5.84 Å². The van der Waals surface area contributed by atoms with Crippen molar-refractivity contribution in [1.82, 2.24) is 19.8 Å². The van der Waals surface area contributed by atoms with Crippen LogP contribution >= 0.6 is 0 Å². The van der Waals surface area contributed by atoms with Gasteiger partial charge in [-0.2, -0.15) is 15.2 Å². The molecule has 1 aromatic heterocycles. The van der Waals surface area contributed by atoms with Gasteiger partial charge in [-0.25, -0.2) is 14.2 Å². The number of aliphatic imine (C=N–C) groups is 1. The van der Waals surface area contributed by atoms with Gasteiger partial charge in [0.25, 0.3) is 0 Å². The largest absolute Gasteiger partial charge is 0.474 e. The van der Waals surface area contributed by atoms with E-state index in [0.29, 0.717) is 32.4 Å². The van der Waals surface area contributed by atoms with Crippen molar-refractivity contribution in [2.75, 3.05) is 26.9 Å². The molecule has 12 nitrogen and oxygen atoms in total. The number of carbonyl (C=O) groups excluding carboxylic acids is 1. The molecular weight excluding hydrogens is 497 g/mol. The highest BCUT2D eigenvalue weighted by Crippen LogP contribution is 2.28. The van der Waals surface area contributed by atoms with Gasteiger partial charge < -0.3 is 30.0 Å². The molecule has 3 heterocycles. The predicted octanol–water partition coefficient (Wildman–Crippen LogP) is 2.00. The minimum Gasteiger partial charge on any atom is -0.474 e. The Kier molecular flexibility index (Phi) is 9.67. The second kappa shape index (κ2) is 12.5. The number of alkyl halides is 1. The molecule has 13 heteroatoms. The first-order chi connectivity index (χ1) is 17.9. The summed E-state index contributed by atoms with van der Waals surface area (Å²) in [6, 6.07) is 3.13. The van der Waals surface area contributed by atoms with Gasteiger partial charge in [0, 0.05) is 32.0 Å². The number of aliphatic hydroxyl groups excluding tert-OH is 1. The molecule has 0 spiro atoms. The van der Waals surface area contributed by atoms with Gasteiger partial charge in [-0.1, -0.05) is 0 Å². The van der Waals surface area contributed by atoms with Crippen LogP contribution in [0, 0.1) is 11.3 Å². The van der Waals surface area contributed by atoms with Crippen molar-refractivity contribution in [2.24, 2.45) is 10.7 Å². The molecule has 5 atom stereocenters. The Hall–Kier alpha value is -3.24. The standard InChI is InChI=1S/C25H38FN7O5/c1-15(19-10-16(26)13-32(19)5)36-20-12-21(31-23(30-20)22(28)29-14-34)37-18-7-9-33(17(11-18)6-8-27)24(35)38-25(2,3)4/h12,15-19,34H,6-7,9-11,13-14H2,1-5H3,(H2,28,29)/t15-,16-,17?,18?,19-/m0/s1. The maximum Gasteiger partial charge on any atom is 0.410 e. The van der Waals surface area contributed by atoms with E-state index in [1.807, 2.05) is 18.9 Å². The van der Waals surface area contributed by atoms with Gasteiger partial charge in [0.2, 0.25) is 17.6 Å².